The Morgan fingerprint density at radius 3 is 2.52 bits per heavy atom. The van der Waals surface area contributed by atoms with Gasteiger partial charge in [0.2, 0.25) is 0 Å². The van der Waals surface area contributed by atoms with Crippen molar-refractivity contribution in [3.8, 4) is 5.75 Å². The van der Waals surface area contributed by atoms with Gasteiger partial charge in [0.1, 0.15) is 10.6 Å². The van der Waals surface area contributed by atoms with Crippen molar-refractivity contribution in [1.29, 1.82) is 0 Å². The quantitative estimate of drug-likeness (QED) is 0.809. The fourth-order valence-electron chi connectivity index (χ4n) is 1.80. The number of ether oxygens (including phenoxy) is 1. The number of aryl methyl sites for hydroxylation is 1. The molecular weight excluding hydrogens is 356 g/mol. The molecule has 0 aliphatic rings. The van der Waals surface area contributed by atoms with Gasteiger partial charge in [-0.3, -0.25) is 4.72 Å². The lowest BCUT2D eigenvalue weighted by Crippen LogP contribution is -2.14. The molecule has 0 atom stereocenters. The summed E-state index contributed by atoms with van der Waals surface area (Å²) >= 11 is 3.23. The smallest absolute Gasteiger partial charge is 0.263 e. The molecule has 0 aromatic heterocycles. The normalized spacial score (nSPS) is 11.2. The highest BCUT2D eigenvalue weighted by molar-refractivity contribution is 9.10. The summed E-state index contributed by atoms with van der Waals surface area (Å²) in [4.78, 5) is 0.0951. The van der Waals surface area contributed by atoms with Crippen LogP contribution in [0.1, 0.15) is 5.56 Å². The van der Waals surface area contributed by atoms with E-state index in [1.807, 2.05) is 0 Å². The van der Waals surface area contributed by atoms with E-state index in [1.165, 1.54) is 6.07 Å². The van der Waals surface area contributed by atoms with E-state index in [0.717, 1.165) is 5.56 Å². The molecule has 0 bridgehead atoms. The Morgan fingerprint density at radius 1 is 1.19 bits per heavy atom. The molecule has 0 heterocycles. The van der Waals surface area contributed by atoms with Gasteiger partial charge in [0.25, 0.3) is 10.0 Å². The minimum Gasteiger partial charge on any atom is -0.497 e. The van der Waals surface area contributed by atoms with Gasteiger partial charge in [-0.25, -0.2) is 8.42 Å². The maximum absolute atomic E-state index is 12.5. The molecule has 0 aliphatic carbocycles. The summed E-state index contributed by atoms with van der Waals surface area (Å²) in [6, 6.07) is 9.75. The number of benzene rings is 2. The van der Waals surface area contributed by atoms with Gasteiger partial charge in [0.15, 0.2) is 0 Å². The molecule has 7 heteroatoms. The van der Waals surface area contributed by atoms with Gasteiger partial charge in [-0.2, -0.15) is 0 Å². The predicted octanol–water partition coefficient (Wildman–Crippen LogP) is 3.15. The third kappa shape index (κ3) is 3.48. The fraction of sp³-hybridized carbons (Fsp3) is 0.143. The van der Waals surface area contributed by atoms with Crippen LogP contribution in [0.4, 0.5) is 11.4 Å². The molecule has 21 heavy (non-hydrogen) atoms. The van der Waals surface area contributed by atoms with Gasteiger partial charge in [-0.15, -0.1) is 0 Å². The summed E-state index contributed by atoms with van der Waals surface area (Å²) < 4.78 is 33.0. The maximum atomic E-state index is 12.5. The highest BCUT2D eigenvalue weighted by atomic mass is 79.9. The molecule has 2 rings (SSSR count). The van der Waals surface area contributed by atoms with Crippen molar-refractivity contribution in [2.75, 3.05) is 17.6 Å². The van der Waals surface area contributed by atoms with E-state index in [-0.39, 0.29) is 4.90 Å². The summed E-state index contributed by atoms with van der Waals surface area (Å²) in [6.45, 7) is 1.80. The van der Waals surface area contributed by atoms with Crippen molar-refractivity contribution in [3.05, 3.63) is 46.4 Å². The van der Waals surface area contributed by atoms with Crippen LogP contribution in [0.3, 0.4) is 0 Å². The van der Waals surface area contributed by atoms with Gasteiger partial charge < -0.3 is 10.5 Å². The van der Waals surface area contributed by atoms with E-state index in [4.69, 9.17) is 10.5 Å². The standard InChI is InChI=1S/C14H15BrN2O3S/c1-9-7-11(20-2)4-6-13(9)17-21(18,19)14-8-10(16)3-5-12(14)15/h3-8,17H,16H2,1-2H3. The van der Waals surface area contributed by atoms with Crippen LogP contribution in [0.5, 0.6) is 5.75 Å². The first-order chi connectivity index (χ1) is 9.83. The molecule has 2 aromatic rings. The molecule has 5 nitrogen and oxygen atoms in total. The van der Waals surface area contributed by atoms with E-state index in [0.29, 0.717) is 21.6 Å². The molecule has 112 valence electrons. The summed E-state index contributed by atoms with van der Waals surface area (Å²) in [5, 5.41) is 0. The van der Waals surface area contributed by atoms with Crippen LogP contribution in [0.25, 0.3) is 0 Å². The van der Waals surface area contributed by atoms with Crippen LogP contribution in [0.15, 0.2) is 45.8 Å². The number of hydrogen-bond acceptors (Lipinski definition) is 4. The van der Waals surface area contributed by atoms with Crippen molar-refractivity contribution in [2.24, 2.45) is 0 Å². The van der Waals surface area contributed by atoms with Crippen LogP contribution >= 0.6 is 15.9 Å². The SMILES string of the molecule is COc1ccc(NS(=O)(=O)c2cc(N)ccc2Br)c(C)c1. The van der Waals surface area contributed by atoms with E-state index < -0.39 is 10.0 Å². The van der Waals surface area contributed by atoms with Crippen molar-refractivity contribution in [1.82, 2.24) is 0 Å². The molecule has 2 aromatic carbocycles. The predicted molar refractivity (Wildman–Crippen MR) is 87.1 cm³/mol. The number of sulfonamides is 1. The third-order valence-electron chi connectivity index (χ3n) is 2.92. The van der Waals surface area contributed by atoms with Crippen molar-refractivity contribution in [3.63, 3.8) is 0 Å². The van der Waals surface area contributed by atoms with E-state index in [1.54, 1.807) is 44.4 Å². The number of anilines is 2. The second-order valence-electron chi connectivity index (χ2n) is 4.48. The van der Waals surface area contributed by atoms with Gasteiger partial charge in [0, 0.05) is 10.2 Å². The molecule has 0 saturated heterocycles. The van der Waals surface area contributed by atoms with Crippen LogP contribution in [-0.4, -0.2) is 15.5 Å². The molecule has 0 fully saturated rings. The molecule has 0 spiro atoms. The average Bonchev–Trinajstić information content (AvgIpc) is 2.43. The number of hydrogen-bond donors (Lipinski definition) is 2. The highest BCUT2D eigenvalue weighted by Crippen LogP contribution is 2.28. The number of methoxy groups -OCH3 is 1. The van der Waals surface area contributed by atoms with E-state index in [9.17, 15) is 8.42 Å². The molecule has 3 N–H and O–H groups in total. The number of halogens is 1. The Kier molecular flexibility index (Phi) is 4.43. The minimum atomic E-state index is -3.73. The van der Waals surface area contributed by atoms with Crippen LogP contribution in [0, 0.1) is 6.92 Å². The maximum Gasteiger partial charge on any atom is 0.263 e. The number of nitrogen functional groups attached to an aromatic ring is 1. The summed E-state index contributed by atoms with van der Waals surface area (Å²) in [7, 11) is -2.17. The summed E-state index contributed by atoms with van der Waals surface area (Å²) in [5.41, 5.74) is 7.29. The summed E-state index contributed by atoms with van der Waals surface area (Å²) in [6.07, 6.45) is 0. The van der Waals surface area contributed by atoms with Gasteiger partial charge in [0.05, 0.1) is 12.8 Å². The second-order valence-corrected chi connectivity index (χ2v) is 6.98. The highest BCUT2D eigenvalue weighted by Gasteiger charge is 2.19. The Labute approximate surface area is 132 Å². The summed E-state index contributed by atoms with van der Waals surface area (Å²) in [5.74, 6) is 0.667. The monoisotopic (exact) mass is 370 g/mol. The van der Waals surface area contributed by atoms with Gasteiger partial charge in [-0.1, -0.05) is 0 Å². The zero-order valence-corrected chi connectivity index (χ0v) is 14.0. The third-order valence-corrected chi connectivity index (χ3v) is 5.28. The van der Waals surface area contributed by atoms with Gasteiger partial charge in [-0.05, 0) is 64.8 Å². The second kappa shape index (κ2) is 5.95. The number of nitrogens with one attached hydrogen (secondary N) is 1. The van der Waals surface area contributed by atoms with E-state index >= 15 is 0 Å². The van der Waals surface area contributed by atoms with Crippen molar-refractivity contribution >= 4 is 37.3 Å². The van der Waals surface area contributed by atoms with Gasteiger partial charge >= 0.3 is 0 Å². The molecule has 0 radical (unpaired) electrons. The Morgan fingerprint density at radius 2 is 1.90 bits per heavy atom. The largest absolute Gasteiger partial charge is 0.497 e. The van der Waals surface area contributed by atoms with Crippen LogP contribution in [0.2, 0.25) is 0 Å². The topological polar surface area (TPSA) is 81.4 Å². The van der Waals surface area contributed by atoms with E-state index in [2.05, 4.69) is 20.7 Å². The molecule has 0 aliphatic heterocycles. The Hall–Kier alpha value is -1.73. The zero-order chi connectivity index (χ0) is 15.6. The first-order valence-corrected chi connectivity index (χ1v) is 8.33. The zero-order valence-electron chi connectivity index (χ0n) is 11.6. The van der Waals surface area contributed by atoms with Crippen molar-refractivity contribution < 1.29 is 13.2 Å². The minimum absolute atomic E-state index is 0.0951. The fourth-order valence-corrected chi connectivity index (χ4v) is 3.93. The van der Waals surface area contributed by atoms with Crippen LogP contribution in [-0.2, 0) is 10.0 Å². The molecular formula is C14H15BrN2O3S. The number of nitrogens with two attached hydrogens (primary N) is 1. The lowest BCUT2D eigenvalue weighted by Gasteiger charge is -2.13. The lowest BCUT2D eigenvalue weighted by molar-refractivity contribution is 0.414. The van der Waals surface area contributed by atoms with Crippen LogP contribution < -0.4 is 15.2 Å². The first-order valence-electron chi connectivity index (χ1n) is 6.06. The molecule has 0 saturated carbocycles. The Balaban J connectivity index is 2.40. The molecule has 0 amide bonds. The molecule has 0 unspecified atom stereocenters. The Bertz CT molecular complexity index is 776. The number of rotatable bonds is 4. The lowest BCUT2D eigenvalue weighted by atomic mass is 10.2. The first kappa shape index (κ1) is 15.7. The average molecular weight is 371 g/mol. The van der Waals surface area contributed by atoms with Crippen molar-refractivity contribution in [2.45, 2.75) is 11.8 Å².